The molecule has 1 aromatic heterocycles. The van der Waals surface area contributed by atoms with Gasteiger partial charge in [0.1, 0.15) is 5.82 Å². The molecule has 0 aliphatic carbocycles. The minimum absolute atomic E-state index is 0.822. The Kier molecular flexibility index (Phi) is 3.76. The van der Waals surface area contributed by atoms with Crippen molar-refractivity contribution in [3.05, 3.63) is 63.2 Å². The Morgan fingerprint density at radius 1 is 0.950 bits per heavy atom. The molecule has 100 valence electrons. The summed E-state index contributed by atoms with van der Waals surface area (Å²) in [7, 11) is 0. The standard InChI is InChI=1S/C16H12Br2N2/c1-10-8-14(18)16(19-9-10)20-15-7-6-13(17)11-4-2-3-5-12(11)15/h2-9H,1H3,(H,19,20). The van der Waals surface area contributed by atoms with Gasteiger partial charge in [0.05, 0.1) is 4.47 Å². The van der Waals surface area contributed by atoms with Crippen molar-refractivity contribution >= 4 is 54.1 Å². The quantitative estimate of drug-likeness (QED) is 0.595. The summed E-state index contributed by atoms with van der Waals surface area (Å²) in [5.41, 5.74) is 2.17. The number of benzene rings is 2. The lowest BCUT2D eigenvalue weighted by molar-refractivity contribution is 1.24. The Morgan fingerprint density at radius 3 is 2.45 bits per heavy atom. The van der Waals surface area contributed by atoms with E-state index < -0.39 is 0 Å². The Hall–Kier alpha value is -1.39. The molecular formula is C16H12Br2N2. The normalized spacial score (nSPS) is 10.8. The molecule has 1 N–H and O–H groups in total. The monoisotopic (exact) mass is 390 g/mol. The molecule has 0 unspecified atom stereocenters. The second-order valence-corrected chi connectivity index (χ2v) is 6.32. The zero-order valence-electron chi connectivity index (χ0n) is 10.8. The first-order valence-electron chi connectivity index (χ1n) is 6.21. The molecule has 2 nitrogen and oxygen atoms in total. The molecule has 1 heterocycles. The van der Waals surface area contributed by atoms with Crippen LogP contribution in [0.5, 0.6) is 0 Å². The maximum atomic E-state index is 4.43. The number of nitrogens with zero attached hydrogens (tertiary/aromatic N) is 1. The first-order chi connectivity index (χ1) is 9.65. The van der Waals surface area contributed by atoms with Crippen LogP contribution in [-0.4, -0.2) is 4.98 Å². The zero-order chi connectivity index (χ0) is 14.1. The van der Waals surface area contributed by atoms with Crippen LogP contribution in [0.3, 0.4) is 0 Å². The summed E-state index contributed by atoms with van der Waals surface area (Å²) in [5.74, 6) is 0.822. The first kappa shape index (κ1) is 13.6. The molecule has 0 amide bonds. The number of hydrogen-bond donors (Lipinski definition) is 1. The highest BCUT2D eigenvalue weighted by Gasteiger charge is 2.07. The molecular weight excluding hydrogens is 380 g/mol. The van der Waals surface area contributed by atoms with Gasteiger partial charge < -0.3 is 5.32 Å². The van der Waals surface area contributed by atoms with Crippen molar-refractivity contribution in [1.82, 2.24) is 4.98 Å². The van der Waals surface area contributed by atoms with E-state index in [1.54, 1.807) is 0 Å². The number of rotatable bonds is 2. The third-order valence-electron chi connectivity index (χ3n) is 3.10. The van der Waals surface area contributed by atoms with E-state index in [4.69, 9.17) is 0 Å². The van der Waals surface area contributed by atoms with Crippen LogP contribution in [0.15, 0.2) is 57.6 Å². The first-order valence-corrected chi connectivity index (χ1v) is 7.80. The van der Waals surface area contributed by atoms with Crippen LogP contribution >= 0.6 is 31.9 Å². The highest BCUT2D eigenvalue weighted by atomic mass is 79.9. The van der Waals surface area contributed by atoms with Gasteiger partial charge in [0, 0.05) is 21.7 Å². The van der Waals surface area contributed by atoms with Crippen LogP contribution in [-0.2, 0) is 0 Å². The lowest BCUT2D eigenvalue weighted by Gasteiger charge is -2.12. The summed E-state index contributed by atoms with van der Waals surface area (Å²) in [6.07, 6.45) is 1.86. The average molecular weight is 392 g/mol. The molecule has 4 heteroatoms. The summed E-state index contributed by atoms with van der Waals surface area (Å²) < 4.78 is 2.05. The predicted octanol–water partition coefficient (Wildman–Crippen LogP) is 5.81. The number of aromatic nitrogens is 1. The summed E-state index contributed by atoms with van der Waals surface area (Å²) in [5, 5.41) is 5.74. The topological polar surface area (TPSA) is 24.9 Å². The predicted molar refractivity (Wildman–Crippen MR) is 91.6 cm³/mol. The van der Waals surface area contributed by atoms with Gasteiger partial charge in [0.25, 0.3) is 0 Å². The van der Waals surface area contributed by atoms with Crippen molar-refractivity contribution in [2.75, 3.05) is 5.32 Å². The molecule has 20 heavy (non-hydrogen) atoms. The highest BCUT2D eigenvalue weighted by molar-refractivity contribution is 9.11. The minimum Gasteiger partial charge on any atom is -0.339 e. The SMILES string of the molecule is Cc1cnc(Nc2ccc(Br)c3ccccc23)c(Br)c1. The van der Waals surface area contributed by atoms with Gasteiger partial charge in [-0.25, -0.2) is 4.98 Å². The number of aryl methyl sites for hydroxylation is 1. The molecule has 0 atom stereocenters. The van der Waals surface area contributed by atoms with Crippen LogP contribution in [0.4, 0.5) is 11.5 Å². The Balaban J connectivity index is 2.09. The van der Waals surface area contributed by atoms with Crippen LogP contribution in [0.1, 0.15) is 5.56 Å². The molecule has 2 aromatic carbocycles. The highest BCUT2D eigenvalue weighted by Crippen LogP contribution is 2.33. The molecule has 0 aliphatic heterocycles. The third kappa shape index (κ3) is 2.58. The largest absolute Gasteiger partial charge is 0.339 e. The molecule has 0 saturated heterocycles. The fraction of sp³-hybridized carbons (Fsp3) is 0.0625. The lowest BCUT2D eigenvalue weighted by Crippen LogP contribution is -1.96. The van der Waals surface area contributed by atoms with Crippen molar-refractivity contribution in [2.24, 2.45) is 0 Å². The summed E-state index contributed by atoms with van der Waals surface area (Å²) in [4.78, 5) is 4.43. The van der Waals surface area contributed by atoms with Gasteiger partial charge in [-0.2, -0.15) is 0 Å². The fourth-order valence-corrected chi connectivity index (χ4v) is 3.16. The van der Waals surface area contributed by atoms with Crippen LogP contribution in [0, 0.1) is 6.92 Å². The summed E-state index contributed by atoms with van der Waals surface area (Å²) >= 11 is 7.14. The van der Waals surface area contributed by atoms with Crippen LogP contribution in [0.25, 0.3) is 10.8 Å². The van der Waals surface area contributed by atoms with E-state index in [1.165, 1.54) is 5.39 Å². The molecule has 3 rings (SSSR count). The van der Waals surface area contributed by atoms with E-state index in [-0.39, 0.29) is 0 Å². The molecule has 0 radical (unpaired) electrons. The summed E-state index contributed by atoms with van der Waals surface area (Å²) in [6, 6.07) is 14.4. The Bertz CT molecular complexity index is 785. The van der Waals surface area contributed by atoms with Crippen molar-refractivity contribution in [1.29, 1.82) is 0 Å². The van der Waals surface area contributed by atoms with E-state index >= 15 is 0 Å². The average Bonchev–Trinajstić information content (AvgIpc) is 2.45. The maximum Gasteiger partial charge on any atom is 0.144 e. The number of pyridine rings is 1. The number of hydrogen-bond acceptors (Lipinski definition) is 2. The van der Waals surface area contributed by atoms with Gasteiger partial charge in [0.15, 0.2) is 0 Å². The van der Waals surface area contributed by atoms with E-state index in [9.17, 15) is 0 Å². The van der Waals surface area contributed by atoms with Crippen LogP contribution in [0.2, 0.25) is 0 Å². The molecule has 0 saturated carbocycles. The van der Waals surface area contributed by atoms with Crippen molar-refractivity contribution in [2.45, 2.75) is 6.92 Å². The van der Waals surface area contributed by atoms with Gasteiger partial charge >= 0.3 is 0 Å². The fourth-order valence-electron chi connectivity index (χ4n) is 2.12. The van der Waals surface area contributed by atoms with E-state index in [2.05, 4.69) is 66.4 Å². The van der Waals surface area contributed by atoms with Crippen molar-refractivity contribution in [3.8, 4) is 0 Å². The van der Waals surface area contributed by atoms with E-state index in [0.717, 1.165) is 31.4 Å². The molecule has 0 aliphatic rings. The van der Waals surface area contributed by atoms with E-state index in [0.29, 0.717) is 0 Å². The summed E-state index contributed by atoms with van der Waals surface area (Å²) in [6.45, 7) is 2.02. The van der Waals surface area contributed by atoms with Gasteiger partial charge in [-0.05, 0) is 52.0 Å². The van der Waals surface area contributed by atoms with E-state index in [1.807, 2.05) is 31.3 Å². The van der Waals surface area contributed by atoms with Crippen molar-refractivity contribution < 1.29 is 0 Å². The van der Waals surface area contributed by atoms with Gasteiger partial charge in [0.2, 0.25) is 0 Å². The van der Waals surface area contributed by atoms with Crippen molar-refractivity contribution in [3.63, 3.8) is 0 Å². The second kappa shape index (κ2) is 5.54. The Labute approximate surface area is 134 Å². The van der Waals surface area contributed by atoms with Gasteiger partial charge in [-0.15, -0.1) is 0 Å². The van der Waals surface area contributed by atoms with Gasteiger partial charge in [-0.3, -0.25) is 0 Å². The number of nitrogens with one attached hydrogen (secondary N) is 1. The minimum atomic E-state index is 0.822. The molecule has 0 bridgehead atoms. The molecule has 3 aromatic rings. The molecule has 0 fully saturated rings. The zero-order valence-corrected chi connectivity index (χ0v) is 14.0. The van der Waals surface area contributed by atoms with Gasteiger partial charge in [-0.1, -0.05) is 40.2 Å². The second-order valence-electron chi connectivity index (χ2n) is 4.61. The molecule has 0 spiro atoms. The smallest absolute Gasteiger partial charge is 0.144 e. The number of fused-ring (bicyclic) bond motifs is 1. The number of halogens is 2. The van der Waals surface area contributed by atoms with Crippen LogP contribution < -0.4 is 5.32 Å². The third-order valence-corrected chi connectivity index (χ3v) is 4.40. The maximum absolute atomic E-state index is 4.43. The lowest BCUT2D eigenvalue weighted by atomic mass is 10.1. The number of anilines is 2. The Morgan fingerprint density at radius 2 is 1.70 bits per heavy atom.